The number of halogens is 1. The van der Waals surface area contributed by atoms with E-state index in [1.54, 1.807) is 6.92 Å². The maximum absolute atomic E-state index is 12.6. The van der Waals surface area contributed by atoms with Crippen LogP contribution in [0.2, 0.25) is 5.02 Å². The summed E-state index contributed by atoms with van der Waals surface area (Å²) >= 11 is 6.04. The highest BCUT2D eigenvalue weighted by atomic mass is 35.5. The fourth-order valence-electron chi connectivity index (χ4n) is 1.73. The highest BCUT2D eigenvalue weighted by Crippen LogP contribution is 2.29. The van der Waals surface area contributed by atoms with Gasteiger partial charge >= 0.3 is 0 Å². The maximum atomic E-state index is 12.6. The molecule has 2 N–H and O–H groups in total. The smallest absolute Gasteiger partial charge is 0.244 e. The molecular formula is C13H18ClN3O3S. The predicted molar refractivity (Wildman–Crippen MR) is 81.5 cm³/mol. The van der Waals surface area contributed by atoms with Gasteiger partial charge in [-0.1, -0.05) is 11.6 Å². The Bertz CT molecular complexity index is 641. The molecule has 0 aliphatic carbocycles. The van der Waals surface area contributed by atoms with E-state index in [9.17, 15) is 8.42 Å². The van der Waals surface area contributed by atoms with Crippen molar-refractivity contribution in [3.8, 4) is 6.07 Å². The third-order valence-corrected chi connectivity index (χ3v) is 5.32. The number of nitriles is 1. The zero-order chi connectivity index (χ0) is 16.0. The van der Waals surface area contributed by atoms with Gasteiger partial charge in [0.25, 0.3) is 0 Å². The van der Waals surface area contributed by atoms with Crippen LogP contribution in [0.4, 0.5) is 5.69 Å². The van der Waals surface area contributed by atoms with Crippen molar-refractivity contribution in [3.63, 3.8) is 0 Å². The van der Waals surface area contributed by atoms with Gasteiger partial charge in [-0.15, -0.1) is 0 Å². The number of anilines is 1. The molecule has 0 unspecified atom stereocenters. The Labute approximate surface area is 130 Å². The average Bonchev–Trinajstić information content (AvgIpc) is 2.42. The number of hydrogen-bond donors (Lipinski definition) is 1. The van der Waals surface area contributed by atoms with E-state index in [-0.39, 0.29) is 36.0 Å². The fraction of sp³-hybridized carbons (Fsp3) is 0.462. The first-order valence-electron chi connectivity index (χ1n) is 6.26. The number of methoxy groups -OCH3 is 1. The molecule has 0 fully saturated rings. The van der Waals surface area contributed by atoms with Crippen LogP contribution in [0.3, 0.4) is 0 Å². The molecule has 6 nitrogen and oxygen atoms in total. The SMILES string of the molecule is COCCN(CCC#N)S(=O)(=O)c1cc(N)c(C)cc1Cl. The van der Waals surface area contributed by atoms with E-state index in [1.807, 2.05) is 6.07 Å². The largest absolute Gasteiger partial charge is 0.398 e. The van der Waals surface area contributed by atoms with E-state index in [1.165, 1.54) is 23.5 Å². The molecule has 0 aliphatic rings. The predicted octanol–water partition coefficient (Wildman–Crippen LogP) is 1.78. The summed E-state index contributed by atoms with van der Waals surface area (Å²) in [6.07, 6.45) is 0.0852. The van der Waals surface area contributed by atoms with E-state index < -0.39 is 10.0 Å². The van der Waals surface area contributed by atoms with Crippen LogP contribution in [0.25, 0.3) is 0 Å². The second kappa shape index (κ2) is 7.61. The summed E-state index contributed by atoms with van der Waals surface area (Å²) in [5, 5.41) is 8.78. The number of hydrogen-bond acceptors (Lipinski definition) is 5. The molecule has 0 radical (unpaired) electrons. The molecule has 0 atom stereocenters. The Morgan fingerprint density at radius 2 is 2.10 bits per heavy atom. The standard InChI is InChI=1S/C13H18ClN3O3S/c1-10-8-11(14)13(9-12(10)16)21(18,19)17(5-3-4-15)6-7-20-2/h8-9H,3,5-7,16H2,1-2H3. The molecular weight excluding hydrogens is 314 g/mol. The van der Waals surface area contributed by atoms with Crippen LogP contribution in [0.15, 0.2) is 17.0 Å². The van der Waals surface area contributed by atoms with Crippen molar-refractivity contribution < 1.29 is 13.2 Å². The van der Waals surface area contributed by atoms with Crippen molar-refractivity contribution in [1.29, 1.82) is 5.26 Å². The second-order valence-electron chi connectivity index (χ2n) is 4.44. The van der Waals surface area contributed by atoms with Gasteiger partial charge in [-0.3, -0.25) is 0 Å². The second-order valence-corrected chi connectivity index (χ2v) is 6.76. The molecule has 1 aromatic carbocycles. The number of benzene rings is 1. The molecule has 0 aromatic heterocycles. The van der Waals surface area contributed by atoms with Gasteiger partial charge in [0.15, 0.2) is 0 Å². The van der Waals surface area contributed by atoms with Crippen LogP contribution in [0, 0.1) is 18.3 Å². The minimum atomic E-state index is -3.83. The summed E-state index contributed by atoms with van der Waals surface area (Å²) in [5.74, 6) is 0. The van der Waals surface area contributed by atoms with E-state index in [0.717, 1.165) is 0 Å². The number of ether oxygens (including phenoxy) is 1. The van der Waals surface area contributed by atoms with Crippen molar-refractivity contribution in [2.75, 3.05) is 32.5 Å². The van der Waals surface area contributed by atoms with Crippen molar-refractivity contribution in [1.82, 2.24) is 4.31 Å². The molecule has 0 heterocycles. The quantitative estimate of drug-likeness (QED) is 0.768. The van der Waals surface area contributed by atoms with Crippen LogP contribution in [0.1, 0.15) is 12.0 Å². The van der Waals surface area contributed by atoms with Gasteiger partial charge in [-0.05, 0) is 24.6 Å². The molecule has 8 heteroatoms. The van der Waals surface area contributed by atoms with Crippen LogP contribution < -0.4 is 5.73 Å². The third-order valence-electron chi connectivity index (χ3n) is 2.96. The lowest BCUT2D eigenvalue weighted by atomic mass is 10.2. The normalized spacial score (nSPS) is 11.6. The minimum absolute atomic E-state index is 0.0543. The zero-order valence-electron chi connectivity index (χ0n) is 12.0. The first-order valence-corrected chi connectivity index (χ1v) is 8.08. The van der Waals surface area contributed by atoms with Crippen molar-refractivity contribution in [2.45, 2.75) is 18.2 Å². The lowest BCUT2D eigenvalue weighted by molar-refractivity contribution is 0.179. The molecule has 0 saturated carbocycles. The maximum Gasteiger partial charge on any atom is 0.244 e. The zero-order valence-corrected chi connectivity index (χ0v) is 13.5. The summed E-state index contributed by atoms with van der Waals surface area (Å²) in [6.45, 7) is 2.19. The van der Waals surface area contributed by atoms with E-state index in [2.05, 4.69) is 0 Å². The summed E-state index contributed by atoms with van der Waals surface area (Å²) in [5.41, 5.74) is 6.83. The van der Waals surface area contributed by atoms with Crippen molar-refractivity contribution >= 4 is 27.3 Å². The number of nitrogens with zero attached hydrogens (tertiary/aromatic N) is 2. The summed E-state index contributed by atoms with van der Waals surface area (Å²) in [7, 11) is -2.35. The molecule has 116 valence electrons. The minimum Gasteiger partial charge on any atom is -0.398 e. The van der Waals surface area contributed by atoms with Crippen LogP contribution >= 0.6 is 11.6 Å². The molecule has 1 rings (SSSR count). The highest BCUT2D eigenvalue weighted by molar-refractivity contribution is 7.89. The van der Waals surface area contributed by atoms with E-state index in [4.69, 9.17) is 27.3 Å². The van der Waals surface area contributed by atoms with Gasteiger partial charge in [0.05, 0.1) is 17.7 Å². The van der Waals surface area contributed by atoms with Crippen LogP contribution in [0.5, 0.6) is 0 Å². The van der Waals surface area contributed by atoms with Gasteiger partial charge in [-0.25, -0.2) is 8.42 Å². The first-order chi connectivity index (χ1) is 9.84. The summed E-state index contributed by atoms with van der Waals surface area (Å²) in [6, 6.07) is 4.79. The molecule has 21 heavy (non-hydrogen) atoms. The molecule has 0 spiro atoms. The number of rotatable bonds is 7. The summed E-state index contributed by atoms with van der Waals surface area (Å²) < 4.78 is 31.4. The lowest BCUT2D eigenvalue weighted by Gasteiger charge is -2.22. The van der Waals surface area contributed by atoms with Crippen LogP contribution in [-0.4, -0.2) is 39.5 Å². The third kappa shape index (κ3) is 4.32. The molecule has 0 bridgehead atoms. The van der Waals surface area contributed by atoms with Crippen molar-refractivity contribution in [3.05, 3.63) is 22.7 Å². The number of nitrogens with two attached hydrogens (primary N) is 1. The molecule has 0 saturated heterocycles. The monoisotopic (exact) mass is 331 g/mol. The molecule has 0 aliphatic heterocycles. The topological polar surface area (TPSA) is 96.4 Å². The van der Waals surface area contributed by atoms with Gasteiger partial charge in [0.2, 0.25) is 10.0 Å². The lowest BCUT2D eigenvalue weighted by Crippen LogP contribution is -2.35. The van der Waals surface area contributed by atoms with E-state index >= 15 is 0 Å². The Kier molecular flexibility index (Phi) is 6.42. The Morgan fingerprint density at radius 1 is 1.43 bits per heavy atom. The Balaban J connectivity index is 3.22. The number of sulfonamides is 1. The average molecular weight is 332 g/mol. The van der Waals surface area contributed by atoms with Gasteiger partial charge < -0.3 is 10.5 Å². The van der Waals surface area contributed by atoms with Gasteiger partial charge in [0.1, 0.15) is 4.90 Å². The number of nitrogen functional groups attached to an aromatic ring is 1. The first kappa shape index (κ1) is 17.7. The van der Waals surface area contributed by atoms with Crippen LogP contribution in [-0.2, 0) is 14.8 Å². The Hall–Kier alpha value is -1.33. The Morgan fingerprint density at radius 3 is 2.67 bits per heavy atom. The van der Waals surface area contributed by atoms with Gasteiger partial charge in [-0.2, -0.15) is 9.57 Å². The molecule has 1 aromatic rings. The summed E-state index contributed by atoms with van der Waals surface area (Å²) in [4.78, 5) is -0.0543. The van der Waals surface area contributed by atoms with Crippen molar-refractivity contribution in [2.24, 2.45) is 0 Å². The highest BCUT2D eigenvalue weighted by Gasteiger charge is 2.27. The fourth-order valence-corrected chi connectivity index (χ4v) is 3.74. The number of aryl methyl sites for hydroxylation is 1. The van der Waals surface area contributed by atoms with E-state index in [0.29, 0.717) is 11.3 Å². The van der Waals surface area contributed by atoms with Gasteiger partial charge in [0, 0.05) is 32.3 Å². The molecule has 0 amide bonds.